The van der Waals surface area contributed by atoms with E-state index >= 15 is 0 Å². The summed E-state index contributed by atoms with van der Waals surface area (Å²) in [5.74, 6) is 1.64. The first-order valence-electron chi connectivity index (χ1n) is 7.51. The number of hydrogen-bond acceptors (Lipinski definition) is 5. The quantitative estimate of drug-likeness (QED) is 0.679. The fourth-order valence-electron chi connectivity index (χ4n) is 2.59. The highest BCUT2D eigenvalue weighted by molar-refractivity contribution is 5.87. The molecule has 0 unspecified atom stereocenters. The smallest absolute Gasteiger partial charge is 0.321 e. The van der Waals surface area contributed by atoms with Gasteiger partial charge in [-0.2, -0.15) is 0 Å². The Bertz CT molecular complexity index is 881. The van der Waals surface area contributed by atoms with Crippen LogP contribution in [0.5, 0.6) is 0 Å². The number of carbonyl (C=O) groups excluding carboxylic acids is 1. The van der Waals surface area contributed by atoms with E-state index in [0.717, 1.165) is 0 Å². The van der Waals surface area contributed by atoms with Crippen molar-refractivity contribution in [2.24, 2.45) is 0 Å². The number of aromatic nitrogens is 3. The van der Waals surface area contributed by atoms with E-state index in [1.807, 2.05) is 19.1 Å². The van der Waals surface area contributed by atoms with E-state index in [-0.39, 0.29) is 6.54 Å². The Morgan fingerprint density at radius 2 is 2.17 bits per heavy atom. The Kier molecular flexibility index (Phi) is 3.98. The number of amides is 2. The summed E-state index contributed by atoms with van der Waals surface area (Å²) in [7, 11) is 0. The molecule has 0 spiro atoms. The lowest BCUT2D eigenvalue weighted by atomic mass is 9.96. The molecule has 8 nitrogen and oxygen atoms in total. The highest BCUT2D eigenvalue weighted by Crippen LogP contribution is 2.26. The fraction of sp³-hybridized carbons (Fsp3) is 0.312. The minimum absolute atomic E-state index is 0.0232. The summed E-state index contributed by atoms with van der Waals surface area (Å²) in [6.07, 6.45) is 1.75. The van der Waals surface area contributed by atoms with E-state index in [4.69, 9.17) is 4.42 Å². The zero-order chi connectivity index (χ0) is 17.3. The minimum Gasteiger partial charge on any atom is -0.466 e. The summed E-state index contributed by atoms with van der Waals surface area (Å²) in [5.41, 5.74) is 0.0315. The van der Waals surface area contributed by atoms with Crippen LogP contribution in [0.3, 0.4) is 0 Å². The molecule has 0 bridgehead atoms. The number of anilines is 1. The Labute approximate surface area is 138 Å². The second kappa shape index (κ2) is 5.97. The summed E-state index contributed by atoms with van der Waals surface area (Å²) in [4.78, 5) is 12.1. The summed E-state index contributed by atoms with van der Waals surface area (Å²) >= 11 is 0. The zero-order valence-electron chi connectivity index (χ0n) is 13.7. The lowest BCUT2D eigenvalue weighted by molar-refractivity contribution is 0.0584. The molecule has 0 saturated heterocycles. The maximum Gasteiger partial charge on any atom is 0.321 e. The molecule has 0 aliphatic rings. The number of hydrogen-bond donors (Lipinski definition) is 3. The average Bonchev–Trinajstić information content (AvgIpc) is 3.09. The normalized spacial score (nSPS) is 13.7. The number of pyridine rings is 1. The van der Waals surface area contributed by atoms with Gasteiger partial charge in [-0.25, -0.2) is 4.79 Å². The summed E-state index contributed by atoms with van der Waals surface area (Å²) < 4.78 is 7.09. The molecule has 24 heavy (non-hydrogen) atoms. The van der Waals surface area contributed by atoms with E-state index in [9.17, 15) is 9.90 Å². The Balaban J connectivity index is 1.66. The molecule has 0 fully saturated rings. The number of nitrogens with one attached hydrogen (secondary N) is 2. The minimum atomic E-state index is -1.24. The highest BCUT2D eigenvalue weighted by Gasteiger charge is 2.28. The predicted molar refractivity (Wildman–Crippen MR) is 87.8 cm³/mol. The third kappa shape index (κ3) is 3.09. The van der Waals surface area contributed by atoms with Crippen molar-refractivity contribution in [2.75, 3.05) is 11.9 Å². The van der Waals surface area contributed by atoms with Gasteiger partial charge in [0.1, 0.15) is 17.1 Å². The van der Waals surface area contributed by atoms with Gasteiger partial charge in [0.05, 0.1) is 6.54 Å². The molecular formula is C16H19N5O3. The highest BCUT2D eigenvalue weighted by atomic mass is 16.3. The number of nitrogens with zero attached hydrogens (tertiary/aromatic N) is 3. The van der Waals surface area contributed by atoms with Gasteiger partial charge in [0.2, 0.25) is 5.95 Å². The first-order valence-corrected chi connectivity index (χ1v) is 7.51. The fourth-order valence-corrected chi connectivity index (χ4v) is 2.59. The van der Waals surface area contributed by atoms with Gasteiger partial charge >= 0.3 is 6.03 Å². The van der Waals surface area contributed by atoms with E-state index in [1.165, 1.54) is 0 Å². The van der Waals surface area contributed by atoms with Gasteiger partial charge in [-0.05, 0) is 39.0 Å². The molecule has 3 N–H and O–H groups in total. The van der Waals surface area contributed by atoms with Crippen LogP contribution in [0, 0.1) is 13.8 Å². The van der Waals surface area contributed by atoms with E-state index < -0.39 is 11.6 Å². The maximum absolute atomic E-state index is 12.1. The Morgan fingerprint density at radius 3 is 2.88 bits per heavy atom. The van der Waals surface area contributed by atoms with Crippen molar-refractivity contribution < 1.29 is 14.3 Å². The van der Waals surface area contributed by atoms with Crippen LogP contribution in [0.25, 0.3) is 5.65 Å². The van der Waals surface area contributed by atoms with Crippen molar-refractivity contribution in [3.8, 4) is 0 Å². The van der Waals surface area contributed by atoms with Crippen LogP contribution in [0.2, 0.25) is 0 Å². The molecule has 0 saturated carbocycles. The monoisotopic (exact) mass is 329 g/mol. The van der Waals surface area contributed by atoms with E-state index in [2.05, 4.69) is 20.8 Å². The number of aliphatic hydroxyl groups is 1. The van der Waals surface area contributed by atoms with E-state index in [0.29, 0.717) is 28.7 Å². The van der Waals surface area contributed by atoms with Gasteiger partial charge in [0, 0.05) is 11.8 Å². The number of aryl methyl sites for hydroxylation is 2. The molecule has 3 rings (SSSR count). The van der Waals surface area contributed by atoms with Crippen LogP contribution in [-0.4, -0.2) is 32.3 Å². The van der Waals surface area contributed by atoms with E-state index in [1.54, 1.807) is 36.6 Å². The molecule has 2 amide bonds. The second-order valence-electron chi connectivity index (χ2n) is 5.86. The summed E-state index contributed by atoms with van der Waals surface area (Å²) in [5, 5.41) is 23.7. The summed E-state index contributed by atoms with van der Waals surface area (Å²) in [6.45, 7) is 5.23. The van der Waals surface area contributed by atoms with Crippen LogP contribution in [0.1, 0.15) is 24.0 Å². The van der Waals surface area contributed by atoms with Crippen molar-refractivity contribution in [3.63, 3.8) is 0 Å². The van der Waals surface area contributed by atoms with Gasteiger partial charge in [-0.1, -0.05) is 6.07 Å². The van der Waals surface area contributed by atoms with Crippen molar-refractivity contribution in [1.29, 1.82) is 0 Å². The van der Waals surface area contributed by atoms with Crippen LogP contribution in [0.15, 0.2) is 34.9 Å². The number of carbonyl (C=O) groups is 1. The third-order valence-corrected chi connectivity index (χ3v) is 3.75. The standard InChI is InChI=1S/C16H19N5O3/c1-10-8-12(11(2)24-10)16(3,23)9-17-15(22)18-14-20-19-13-6-4-5-7-21(13)14/h4-8,23H,9H2,1-3H3,(H2,17,18,20,22)/t16-/m0/s1. The van der Waals surface area contributed by atoms with Gasteiger partial charge in [-0.3, -0.25) is 9.72 Å². The number of furan rings is 1. The number of urea groups is 1. The Hall–Kier alpha value is -2.87. The average molecular weight is 329 g/mol. The molecular weight excluding hydrogens is 310 g/mol. The van der Waals surface area contributed by atoms with Gasteiger partial charge < -0.3 is 14.8 Å². The van der Waals surface area contributed by atoms with Gasteiger partial charge in [-0.15, -0.1) is 10.2 Å². The second-order valence-corrected chi connectivity index (χ2v) is 5.86. The van der Waals surface area contributed by atoms with Crippen LogP contribution >= 0.6 is 0 Å². The molecule has 3 aromatic rings. The van der Waals surface area contributed by atoms with Crippen molar-refractivity contribution in [1.82, 2.24) is 19.9 Å². The van der Waals surface area contributed by atoms with Crippen LogP contribution in [-0.2, 0) is 5.60 Å². The van der Waals surface area contributed by atoms with Gasteiger partial charge in [0.15, 0.2) is 5.65 Å². The molecule has 0 aliphatic heterocycles. The SMILES string of the molecule is Cc1cc([C@@](C)(O)CNC(=O)Nc2nnc3ccccn23)c(C)o1. The first kappa shape index (κ1) is 16.0. The molecule has 0 aromatic carbocycles. The van der Waals surface area contributed by atoms with Crippen molar-refractivity contribution in [2.45, 2.75) is 26.4 Å². The molecule has 3 heterocycles. The molecule has 8 heteroatoms. The van der Waals surface area contributed by atoms with Crippen LogP contribution in [0.4, 0.5) is 10.7 Å². The number of rotatable bonds is 4. The van der Waals surface area contributed by atoms with Gasteiger partial charge in [0.25, 0.3) is 0 Å². The molecule has 1 atom stereocenters. The zero-order valence-corrected chi connectivity index (χ0v) is 13.7. The lowest BCUT2D eigenvalue weighted by Crippen LogP contribution is -2.41. The first-order chi connectivity index (χ1) is 11.4. The lowest BCUT2D eigenvalue weighted by Gasteiger charge is -2.23. The van der Waals surface area contributed by atoms with Crippen LogP contribution < -0.4 is 10.6 Å². The summed E-state index contributed by atoms with van der Waals surface area (Å²) in [6, 6.07) is 6.71. The molecule has 0 aliphatic carbocycles. The van der Waals surface area contributed by atoms with Crippen molar-refractivity contribution in [3.05, 3.63) is 47.5 Å². The maximum atomic E-state index is 12.1. The molecule has 3 aromatic heterocycles. The molecule has 126 valence electrons. The van der Waals surface area contributed by atoms with Crippen molar-refractivity contribution >= 4 is 17.6 Å². The predicted octanol–water partition coefficient (Wildman–Crippen LogP) is 1.97. The molecule has 0 radical (unpaired) electrons. The topological polar surface area (TPSA) is 105 Å². The largest absolute Gasteiger partial charge is 0.466 e. The number of fused-ring (bicyclic) bond motifs is 1. The Morgan fingerprint density at radius 1 is 1.38 bits per heavy atom. The third-order valence-electron chi connectivity index (χ3n) is 3.75.